The summed E-state index contributed by atoms with van der Waals surface area (Å²) in [6.07, 6.45) is 1.74. The summed E-state index contributed by atoms with van der Waals surface area (Å²) in [4.78, 5) is 14.1. The van der Waals surface area contributed by atoms with Gasteiger partial charge in [-0.2, -0.15) is 5.10 Å². The maximum atomic E-state index is 12.1. The van der Waals surface area contributed by atoms with Gasteiger partial charge in [0.2, 0.25) is 0 Å². The van der Waals surface area contributed by atoms with E-state index in [-0.39, 0.29) is 5.56 Å². The number of nitrogens with zero attached hydrogens (tertiary/aromatic N) is 3. The molecule has 0 aliphatic rings. The summed E-state index contributed by atoms with van der Waals surface area (Å²) in [7, 11) is 3.59. The fourth-order valence-corrected chi connectivity index (χ4v) is 1.92. The van der Waals surface area contributed by atoms with Gasteiger partial charge >= 0.3 is 0 Å². The van der Waals surface area contributed by atoms with Crippen molar-refractivity contribution in [3.8, 4) is 0 Å². The van der Waals surface area contributed by atoms with E-state index in [1.807, 2.05) is 11.9 Å². The minimum absolute atomic E-state index is 0.0619. The largest absolute Gasteiger partial charge is 0.383 e. The fraction of sp³-hybridized carbons (Fsp3) is 0.733. The van der Waals surface area contributed by atoms with Gasteiger partial charge in [0.05, 0.1) is 18.5 Å². The van der Waals surface area contributed by atoms with Crippen LogP contribution in [0.25, 0.3) is 0 Å². The first-order valence-corrected chi connectivity index (χ1v) is 7.44. The lowest BCUT2D eigenvalue weighted by molar-refractivity contribution is 0.206. The van der Waals surface area contributed by atoms with Gasteiger partial charge in [-0.1, -0.05) is 20.8 Å². The number of hydrogen-bond donors (Lipinski definition) is 1. The lowest BCUT2D eigenvalue weighted by Crippen LogP contribution is -2.33. The molecule has 0 amide bonds. The zero-order valence-corrected chi connectivity index (χ0v) is 13.8. The van der Waals surface area contributed by atoms with Crippen molar-refractivity contribution in [2.24, 2.45) is 5.92 Å². The van der Waals surface area contributed by atoms with Crippen LogP contribution in [0.2, 0.25) is 0 Å². The predicted octanol–water partition coefficient (Wildman–Crippen LogP) is 0.960. The highest BCUT2D eigenvalue weighted by atomic mass is 16.5. The molecule has 6 heteroatoms. The molecular weight excluding hydrogens is 268 g/mol. The van der Waals surface area contributed by atoms with Crippen LogP contribution in [0.15, 0.2) is 17.1 Å². The average Bonchev–Trinajstić information content (AvgIpc) is 2.44. The molecule has 120 valence electrons. The van der Waals surface area contributed by atoms with E-state index in [0.717, 1.165) is 18.8 Å². The first-order chi connectivity index (χ1) is 9.93. The van der Waals surface area contributed by atoms with Crippen molar-refractivity contribution in [2.75, 3.05) is 38.8 Å². The minimum atomic E-state index is -0.0619. The van der Waals surface area contributed by atoms with Crippen molar-refractivity contribution in [3.63, 3.8) is 0 Å². The standard InChI is InChI=1S/C15H28N4O2/c1-12(2)16-9-13(3)11-19-15(20)8-14(10-17-19)18(4)6-7-21-5/h8,10,12-13,16H,6-7,9,11H2,1-5H3. The van der Waals surface area contributed by atoms with Crippen molar-refractivity contribution in [2.45, 2.75) is 33.4 Å². The van der Waals surface area contributed by atoms with E-state index in [0.29, 0.717) is 25.1 Å². The molecule has 0 saturated heterocycles. The molecule has 0 fully saturated rings. The Morgan fingerprint density at radius 3 is 2.71 bits per heavy atom. The third kappa shape index (κ3) is 6.27. The highest BCUT2D eigenvalue weighted by molar-refractivity contribution is 5.41. The second-order valence-electron chi connectivity index (χ2n) is 5.82. The van der Waals surface area contributed by atoms with E-state index in [1.54, 1.807) is 19.4 Å². The highest BCUT2D eigenvalue weighted by Gasteiger charge is 2.08. The number of nitrogens with one attached hydrogen (secondary N) is 1. The molecular formula is C15H28N4O2. The molecule has 0 radical (unpaired) electrons. The molecule has 0 saturated carbocycles. The Bertz CT molecular complexity index is 473. The third-order valence-electron chi connectivity index (χ3n) is 3.29. The van der Waals surface area contributed by atoms with Crippen LogP contribution < -0.4 is 15.8 Å². The number of rotatable bonds is 9. The molecule has 0 bridgehead atoms. The zero-order valence-electron chi connectivity index (χ0n) is 13.8. The Labute approximate surface area is 127 Å². The number of methoxy groups -OCH3 is 1. The van der Waals surface area contributed by atoms with Crippen LogP contribution in [0.4, 0.5) is 5.69 Å². The van der Waals surface area contributed by atoms with E-state index in [2.05, 4.69) is 31.2 Å². The molecule has 1 N–H and O–H groups in total. The SMILES string of the molecule is COCCN(C)c1cnn(CC(C)CNC(C)C)c(=O)c1. The Kier molecular flexibility index (Phi) is 7.39. The molecule has 6 nitrogen and oxygen atoms in total. The summed E-state index contributed by atoms with van der Waals surface area (Å²) in [6, 6.07) is 2.08. The van der Waals surface area contributed by atoms with Gasteiger partial charge in [-0.3, -0.25) is 4.79 Å². The van der Waals surface area contributed by atoms with Gasteiger partial charge in [0, 0.05) is 39.4 Å². The van der Waals surface area contributed by atoms with Gasteiger partial charge in [0.25, 0.3) is 5.56 Å². The van der Waals surface area contributed by atoms with E-state index in [1.165, 1.54) is 4.68 Å². The first-order valence-electron chi connectivity index (χ1n) is 7.44. The summed E-state index contributed by atoms with van der Waals surface area (Å²) in [5, 5.41) is 7.64. The van der Waals surface area contributed by atoms with Crippen molar-refractivity contribution in [1.82, 2.24) is 15.1 Å². The smallest absolute Gasteiger partial charge is 0.268 e. The fourth-order valence-electron chi connectivity index (χ4n) is 1.92. The molecule has 1 aromatic heterocycles. The Hall–Kier alpha value is -1.40. The molecule has 1 heterocycles. The molecule has 1 aromatic rings. The molecule has 0 aliphatic carbocycles. The lowest BCUT2D eigenvalue weighted by Gasteiger charge is -2.19. The Morgan fingerprint density at radius 2 is 2.14 bits per heavy atom. The normalized spacial score (nSPS) is 12.7. The second kappa shape index (κ2) is 8.79. The summed E-state index contributed by atoms with van der Waals surface area (Å²) in [5.74, 6) is 0.356. The van der Waals surface area contributed by atoms with Gasteiger partial charge in [-0.15, -0.1) is 0 Å². The van der Waals surface area contributed by atoms with Crippen LogP contribution in [-0.4, -0.2) is 49.7 Å². The van der Waals surface area contributed by atoms with Crippen LogP contribution >= 0.6 is 0 Å². The number of aromatic nitrogens is 2. The van der Waals surface area contributed by atoms with Crippen molar-refractivity contribution < 1.29 is 4.74 Å². The van der Waals surface area contributed by atoms with Gasteiger partial charge in [-0.25, -0.2) is 4.68 Å². The molecule has 0 aromatic carbocycles. The number of ether oxygens (including phenoxy) is 1. The maximum Gasteiger partial charge on any atom is 0.268 e. The Balaban J connectivity index is 2.63. The van der Waals surface area contributed by atoms with Crippen LogP contribution in [-0.2, 0) is 11.3 Å². The molecule has 1 atom stereocenters. The van der Waals surface area contributed by atoms with Gasteiger partial charge in [-0.05, 0) is 12.5 Å². The molecule has 0 aliphatic heterocycles. The van der Waals surface area contributed by atoms with E-state index in [4.69, 9.17) is 4.74 Å². The molecule has 21 heavy (non-hydrogen) atoms. The minimum Gasteiger partial charge on any atom is -0.383 e. The summed E-state index contributed by atoms with van der Waals surface area (Å²) in [5.41, 5.74) is 0.759. The summed E-state index contributed by atoms with van der Waals surface area (Å²) < 4.78 is 6.56. The summed E-state index contributed by atoms with van der Waals surface area (Å²) >= 11 is 0. The molecule has 0 spiro atoms. The Morgan fingerprint density at radius 1 is 1.43 bits per heavy atom. The monoisotopic (exact) mass is 296 g/mol. The number of anilines is 1. The zero-order chi connectivity index (χ0) is 15.8. The van der Waals surface area contributed by atoms with E-state index in [9.17, 15) is 4.79 Å². The number of hydrogen-bond acceptors (Lipinski definition) is 5. The second-order valence-corrected chi connectivity index (χ2v) is 5.82. The highest BCUT2D eigenvalue weighted by Crippen LogP contribution is 2.07. The maximum absolute atomic E-state index is 12.1. The quantitative estimate of drug-likeness (QED) is 0.735. The van der Waals surface area contributed by atoms with Gasteiger partial charge < -0.3 is 15.0 Å². The van der Waals surface area contributed by atoms with Crippen molar-refractivity contribution in [3.05, 3.63) is 22.6 Å². The first kappa shape index (κ1) is 17.7. The van der Waals surface area contributed by atoms with Crippen LogP contribution in [0.5, 0.6) is 0 Å². The summed E-state index contributed by atoms with van der Waals surface area (Å²) in [6.45, 7) is 9.20. The molecule has 1 rings (SSSR count). The van der Waals surface area contributed by atoms with Crippen molar-refractivity contribution in [1.29, 1.82) is 0 Å². The topological polar surface area (TPSA) is 59.4 Å². The lowest BCUT2D eigenvalue weighted by atomic mass is 10.1. The molecule has 1 unspecified atom stereocenters. The van der Waals surface area contributed by atoms with Crippen LogP contribution in [0.3, 0.4) is 0 Å². The van der Waals surface area contributed by atoms with Crippen LogP contribution in [0, 0.1) is 5.92 Å². The number of likely N-dealkylation sites (N-methyl/N-ethyl adjacent to an activating group) is 1. The predicted molar refractivity (Wildman–Crippen MR) is 85.9 cm³/mol. The van der Waals surface area contributed by atoms with Gasteiger partial charge in [0.15, 0.2) is 0 Å². The third-order valence-corrected chi connectivity index (χ3v) is 3.29. The van der Waals surface area contributed by atoms with Crippen LogP contribution in [0.1, 0.15) is 20.8 Å². The average molecular weight is 296 g/mol. The van der Waals surface area contributed by atoms with E-state index < -0.39 is 0 Å². The van der Waals surface area contributed by atoms with Crippen molar-refractivity contribution >= 4 is 5.69 Å². The van der Waals surface area contributed by atoms with E-state index >= 15 is 0 Å². The van der Waals surface area contributed by atoms with Gasteiger partial charge in [0.1, 0.15) is 0 Å².